The highest BCUT2D eigenvalue weighted by atomic mass is 32.2. The molecule has 2 rings (SSSR count). The normalized spacial score (nSPS) is 20.2. The van der Waals surface area contributed by atoms with Gasteiger partial charge in [-0.3, -0.25) is 4.79 Å². The van der Waals surface area contributed by atoms with Crippen LogP contribution in [0.2, 0.25) is 0 Å². The second-order valence-corrected chi connectivity index (χ2v) is 6.05. The number of phenols is 2. The lowest BCUT2D eigenvalue weighted by Crippen LogP contribution is -2.44. The molecule has 0 aliphatic carbocycles. The fourth-order valence-electron chi connectivity index (χ4n) is 2.09. The van der Waals surface area contributed by atoms with E-state index < -0.39 is 12.0 Å². The minimum atomic E-state index is -0.956. The van der Waals surface area contributed by atoms with Gasteiger partial charge in [0.25, 0.3) is 0 Å². The smallest absolute Gasteiger partial charge is 0.339 e. The molecule has 0 aromatic heterocycles. The van der Waals surface area contributed by atoms with Gasteiger partial charge in [0.15, 0.2) is 0 Å². The third-order valence-electron chi connectivity index (χ3n) is 3.37. The molecule has 5 N–H and O–H groups in total. The van der Waals surface area contributed by atoms with Crippen LogP contribution in [0, 0.1) is 6.92 Å². The van der Waals surface area contributed by atoms with Gasteiger partial charge in [-0.15, -0.1) is 0 Å². The Morgan fingerprint density at radius 3 is 2.82 bits per heavy atom. The van der Waals surface area contributed by atoms with E-state index in [9.17, 15) is 19.8 Å². The van der Waals surface area contributed by atoms with Gasteiger partial charge in [-0.2, -0.15) is 11.8 Å². The second kappa shape index (κ2) is 6.89. The van der Waals surface area contributed by atoms with E-state index in [-0.39, 0.29) is 29.6 Å². The molecule has 1 aliphatic rings. The number of aromatic hydroxyl groups is 2. The number of nitrogens with two attached hydrogens (primary N) is 1. The number of benzene rings is 1. The Labute approximate surface area is 131 Å². The van der Waals surface area contributed by atoms with E-state index in [1.807, 2.05) is 0 Å². The van der Waals surface area contributed by atoms with E-state index in [2.05, 4.69) is 5.32 Å². The first-order valence-electron chi connectivity index (χ1n) is 6.74. The number of fused-ring (bicyclic) bond motifs is 1. The molecular weight excluding hydrogens is 308 g/mol. The van der Waals surface area contributed by atoms with Gasteiger partial charge in [-0.1, -0.05) is 0 Å². The van der Waals surface area contributed by atoms with Crippen molar-refractivity contribution in [2.24, 2.45) is 5.73 Å². The van der Waals surface area contributed by atoms with E-state index in [1.165, 1.54) is 17.8 Å². The zero-order valence-corrected chi connectivity index (χ0v) is 12.9. The lowest BCUT2D eigenvalue weighted by molar-refractivity contribution is -0.123. The van der Waals surface area contributed by atoms with Crippen LogP contribution in [0.4, 0.5) is 0 Å². The fraction of sp³-hybridized carbons (Fsp3) is 0.429. The van der Waals surface area contributed by atoms with Crippen LogP contribution in [-0.4, -0.2) is 47.0 Å². The zero-order chi connectivity index (χ0) is 16.3. The molecule has 7 nitrogen and oxygen atoms in total. The highest BCUT2D eigenvalue weighted by Crippen LogP contribution is 2.34. The third kappa shape index (κ3) is 3.45. The van der Waals surface area contributed by atoms with Crippen LogP contribution in [0.25, 0.3) is 0 Å². The number of thioether (sulfide) groups is 1. The van der Waals surface area contributed by atoms with E-state index in [0.717, 1.165) is 0 Å². The molecule has 0 bridgehead atoms. The van der Waals surface area contributed by atoms with Crippen LogP contribution in [0.1, 0.15) is 21.5 Å². The summed E-state index contributed by atoms with van der Waals surface area (Å²) in [6.45, 7) is 1.73. The summed E-state index contributed by atoms with van der Waals surface area (Å²) >= 11 is 1.44. The second-order valence-electron chi connectivity index (χ2n) is 4.94. The molecule has 0 radical (unpaired) electrons. The van der Waals surface area contributed by atoms with Gasteiger partial charge in [0, 0.05) is 35.2 Å². The first-order chi connectivity index (χ1) is 10.4. The van der Waals surface area contributed by atoms with Gasteiger partial charge >= 0.3 is 5.97 Å². The highest BCUT2D eigenvalue weighted by Gasteiger charge is 2.24. The van der Waals surface area contributed by atoms with Gasteiger partial charge in [-0.25, -0.2) is 4.79 Å². The molecule has 0 spiro atoms. The summed E-state index contributed by atoms with van der Waals surface area (Å²) in [5, 5.41) is 22.4. The molecule has 0 fully saturated rings. The summed E-state index contributed by atoms with van der Waals surface area (Å²) < 4.78 is 5.06. The first-order valence-corrected chi connectivity index (χ1v) is 7.90. The predicted molar refractivity (Wildman–Crippen MR) is 81.9 cm³/mol. The summed E-state index contributed by atoms with van der Waals surface area (Å²) in [7, 11) is 0. The Morgan fingerprint density at radius 2 is 2.09 bits per heavy atom. The van der Waals surface area contributed by atoms with Gasteiger partial charge < -0.3 is 26.0 Å². The summed E-state index contributed by atoms with van der Waals surface area (Å²) in [4.78, 5) is 23.9. The van der Waals surface area contributed by atoms with Crippen molar-refractivity contribution in [1.82, 2.24) is 5.32 Å². The van der Waals surface area contributed by atoms with Gasteiger partial charge in [-0.05, 0) is 6.92 Å². The SMILES string of the molecule is Cc1c(O)cc(O)c2c1C(=O)OC[C@H](N)C(=O)NCCSC2. The lowest BCUT2D eigenvalue weighted by atomic mass is 10.0. The van der Waals surface area contributed by atoms with Crippen molar-refractivity contribution < 1.29 is 24.5 Å². The number of nitrogens with one attached hydrogen (secondary N) is 1. The number of esters is 1. The molecule has 8 heteroatoms. The van der Waals surface area contributed by atoms with Crippen molar-refractivity contribution in [3.8, 4) is 11.5 Å². The molecule has 1 atom stereocenters. The Bertz CT molecular complexity index is 605. The molecular formula is C14H18N2O5S. The number of cyclic esters (lactones) is 1. The monoisotopic (exact) mass is 326 g/mol. The van der Waals surface area contributed by atoms with E-state index in [0.29, 0.717) is 29.2 Å². The van der Waals surface area contributed by atoms with E-state index >= 15 is 0 Å². The quantitative estimate of drug-likeness (QED) is 0.504. The van der Waals surface area contributed by atoms with Gasteiger partial charge in [0.05, 0.1) is 5.56 Å². The average Bonchev–Trinajstić information content (AvgIpc) is 2.47. The molecule has 1 aromatic carbocycles. The minimum absolute atomic E-state index is 0.123. The van der Waals surface area contributed by atoms with Crippen LogP contribution in [0.3, 0.4) is 0 Å². The molecule has 22 heavy (non-hydrogen) atoms. The van der Waals surface area contributed by atoms with Crippen molar-refractivity contribution in [3.63, 3.8) is 0 Å². The van der Waals surface area contributed by atoms with E-state index in [1.54, 1.807) is 6.92 Å². The maximum atomic E-state index is 12.3. The van der Waals surface area contributed by atoms with Crippen LogP contribution in [0.15, 0.2) is 6.07 Å². The van der Waals surface area contributed by atoms with Crippen LogP contribution in [-0.2, 0) is 15.3 Å². The Hall–Kier alpha value is -1.93. The van der Waals surface area contributed by atoms with Crippen molar-refractivity contribution in [2.45, 2.75) is 18.7 Å². The van der Waals surface area contributed by atoms with Crippen molar-refractivity contribution in [1.29, 1.82) is 0 Å². The molecule has 1 aliphatic heterocycles. The Morgan fingerprint density at radius 1 is 1.36 bits per heavy atom. The molecule has 120 valence electrons. The number of hydrogen-bond donors (Lipinski definition) is 4. The maximum absolute atomic E-state index is 12.3. The summed E-state index contributed by atoms with van der Waals surface area (Å²) in [5.74, 6) is -0.487. The summed E-state index contributed by atoms with van der Waals surface area (Å²) in [5.41, 5.74) is 6.50. The molecule has 1 heterocycles. The lowest BCUT2D eigenvalue weighted by Gasteiger charge is -2.18. The number of hydrogen-bond acceptors (Lipinski definition) is 7. The molecule has 1 aromatic rings. The highest BCUT2D eigenvalue weighted by molar-refractivity contribution is 7.98. The van der Waals surface area contributed by atoms with Crippen LogP contribution >= 0.6 is 11.8 Å². The standard InChI is InChI=1S/C14H18N2O5S/c1-7-10(17)4-11(18)8-6-22-3-2-16-13(19)9(15)5-21-14(20)12(7)8/h4,9,17-18H,2-3,5-6,15H2,1H3,(H,16,19)/t9-/m0/s1. The fourth-order valence-corrected chi connectivity index (χ4v) is 2.98. The summed E-state index contributed by atoms with van der Waals surface area (Å²) in [6, 6.07) is 0.254. The van der Waals surface area contributed by atoms with Gasteiger partial charge in [0.2, 0.25) is 5.91 Å². The molecule has 0 saturated carbocycles. The molecule has 0 saturated heterocycles. The minimum Gasteiger partial charge on any atom is -0.508 e. The Kier molecular flexibility index (Phi) is 5.15. The van der Waals surface area contributed by atoms with Gasteiger partial charge in [0.1, 0.15) is 24.1 Å². The number of rotatable bonds is 0. The number of carbonyl (C=O) groups excluding carboxylic acids is 2. The predicted octanol–water partition coefficient (Wildman–Crippen LogP) is 0.253. The number of carbonyl (C=O) groups is 2. The van der Waals surface area contributed by atoms with Crippen molar-refractivity contribution in [2.75, 3.05) is 18.9 Å². The van der Waals surface area contributed by atoms with Crippen LogP contribution < -0.4 is 11.1 Å². The molecule has 1 amide bonds. The summed E-state index contributed by atoms with van der Waals surface area (Å²) in [6.07, 6.45) is 0. The average molecular weight is 326 g/mol. The zero-order valence-electron chi connectivity index (χ0n) is 12.1. The topological polar surface area (TPSA) is 122 Å². The first kappa shape index (κ1) is 16.4. The Balaban J connectivity index is 2.39. The number of phenolic OH excluding ortho intramolecular Hbond substituents is 2. The van der Waals surface area contributed by atoms with Crippen LogP contribution in [0.5, 0.6) is 11.5 Å². The number of ether oxygens (including phenoxy) is 1. The van der Waals surface area contributed by atoms with Crippen molar-refractivity contribution >= 4 is 23.6 Å². The van der Waals surface area contributed by atoms with E-state index in [4.69, 9.17) is 10.5 Å². The molecule has 0 unspecified atom stereocenters. The maximum Gasteiger partial charge on any atom is 0.339 e. The largest absolute Gasteiger partial charge is 0.508 e. The third-order valence-corrected chi connectivity index (χ3v) is 4.36. The number of amides is 1. The van der Waals surface area contributed by atoms with Crippen molar-refractivity contribution in [3.05, 3.63) is 22.8 Å².